The summed E-state index contributed by atoms with van der Waals surface area (Å²) in [6, 6.07) is 33.7. The quantitative estimate of drug-likeness (QED) is 0.190. The van der Waals surface area contributed by atoms with Gasteiger partial charge in [0.15, 0.2) is 6.16 Å². The summed E-state index contributed by atoms with van der Waals surface area (Å²) in [6.45, 7) is 1.86. The second-order valence-corrected chi connectivity index (χ2v) is 9.38. The molecule has 4 aromatic carbocycles. The van der Waals surface area contributed by atoms with Gasteiger partial charge in [0.25, 0.3) is 0 Å². The maximum Gasteiger partial charge on any atom is 0.441 e. The lowest BCUT2D eigenvalue weighted by Crippen LogP contribution is -2.16. The number of ether oxygens (including phenoxy) is 1. The Morgan fingerprint density at radius 3 is 1.50 bits per heavy atom. The lowest BCUT2D eigenvalue weighted by molar-refractivity contribution is -0.140. The zero-order valence-electron chi connectivity index (χ0n) is 18.8. The van der Waals surface area contributed by atoms with Gasteiger partial charge in [-0.05, 0) is 30.2 Å². The van der Waals surface area contributed by atoms with E-state index in [4.69, 9.17) is 13.8 Å². The van der Waals surface area contributed by atoms with E-state index in [1.807, 2.05) is 84.9 Å². The molecule has 0 aliphatic rings. The predicted octanol–water partition coefficient (Wildman–Crippen LogP) is 7.23. The Kier molecular flexibility index (Phi) is 7.46. The molecule has 0 atom stereocenters. The molecule has 0 saturated carbocycles. The van der Waals surface area contributed by atoms with E-state index in [2.05, 4.69) is 0 Å². The van der Waals surface area contributed by atoms with E-state index < -0.39 is 19.7 Å². The van der Waals surface area contributed by atoms with E-state index in [1.54, 1.807) is 31.2 Å². The fraction of sp³-hybridized carbons (Fsp3) is 0.107. The van der Waals surface area contributed by atoms with Crippen molar-refractivity contribution < 1.29 is 23.1 Å². The molecular formula is C28H25O5P. The van der Waals surface area contributed by atoms with Gasteiger partial charge in [-0.3, -0.25) is 4.79 Å². The number of carbonyl (C=O) groups excluding carboxylic acids is 1. The van der Waals surface area contributed by atoms with E-state index in [9.17, 15) is 9.36 Å². The molecule has 0 aliphatic heterocycles. The highest BCUT2D eigenvalue weighted by atomic mass is 31.2. The predicted molar refractivity (Wildman–Crippen MR) is 134 cm³/mol. The standard InChI is InChI=1S/C28H25O5P/c1-2-31-28(29)21-34(30,32-26-19-11-9-17-24(26)22-13-5-3-6-14-22)33-27-20-12-10-18-25(27)23-15-7-4-8-16-23/h3-20H,2,21H2,1H3. The minimum atomic E-state index is -4.02. The molecule has 0 spiro atoms. The van der Waals surface area contributed by atoms with Crippen LogP contribution in [-0.4, -0.2) is 18.7 Å². The van der Waals surface area contributed by atoms with Crippen LogP contribution in [0.5, 0.6) is 11.5 Å². The van der Waals surface area contributed by atoms with Crippen molar-refractivity contribution in [1.29, 1.82) is 0 Å². The van der Waals surface area contributed by atoms with Crippen LogP contribution in [0.3, 0.4) is 0 Å². The SMILES string of the molecule is CCOC(=O)CP(=O)(Oc1ccccc1-c1ccccc1)Oc1ccccc1-c1ccccc1. The van der Waals surface area contributed by atoms with Crippen LogP contribution in [0.25, 0.3) is 22.3 Å². The number of esters is 1. The largest absolute Gasteiger partial charge is 0.465 e. The van der Waals surface area contributed by atoms with Crippen LogP contribution >= 0.6 is 7.60 Å². The summed E-state index contributed by atoms with van der Waals surface area (Å²) in [5.41, 5.74) is 3.27. The number of hydrogen-bond donors (Lipinski definition) is 0. The van der Waals surface area contributed by atoms with Crippen LogP contribution in [0.2, 0.25) is 0 Å². The highest BCUT2D eigenvalue weighted by Gasteiger charge is 2.34. The summed E-state index contributed by atoms with van der Waals surface area (Å²) in [5, 5.41) is 0. The third-order valence-electron chi connectivity index (χ3n) is 5.05. The van der Waals surface area contributed by atoms with E-state index in [-0.39, 0.29) is 6.61 Å². The average Bonchev–Trinajstić information content (AvgIpc) is 2.86. The highest BCUT2D eigenvalue weighted by molar-refractivity contribution is 7.55. The maximum absolute atomic E-state index is 14.1. The van der Waals surface area contributed by atoms with Crippen molar-refractivity contribution in [3.05, 3.63) is 109 Å². The fourth-order valence-corrected chi connectivity index (χ4v) is 5.04. The van der Waals surface area contributed by atoms with Crippen LogP contribution in [0, 0.1) is 0 Å². The lowest BCUT2D eigenvalue weighted by atomic mass is 10.1. The number of carbonyl (C=O) groups is 1. The number of benzene rings is 4. The van der Waals surface area contributed by atoms with E-state index >= 15 is 0 Å². The molecule has 0 radical (unpaired) electrons. The van der Waals surface area contributed by atoms with E-state index in [1.165, 1.54) is 0 Å². The number of rotatable bonds is 9. The summed E-state index contributed by atoms with van der Waals surface area (Å²) in [4.78, 5) is 12.4. The van der Waals surface area contributed by atoms with Gasteiger partial charge in [0.2, 0.25) is 0 Å². The number of para-hydroxylation sites is 2. The topological polar surface area (TPSA) is 61.8 Å². The van der Waals surface area contributed by atoms with Gasteiger partial charge in [0.1, 0.15) is 11.5 Å². The van der Waals surface area contributed by atoms with Crippen molar-refractivity contribution >= 4 is 13.6 Å². The molecular weight excluding hydrogens is 447 g/mol. The molecule has 0 aromatic heterocycles. The molecule has 0 bridgehead atoms. The lowest BCUT2D eigenvalue weighted by Gasteiger charge is -2.22. The van der Waals surface area contributed by atoms with Crippen molar-refractivity contribution in [2.45, 2.75) is 6.92 Å². The van der Waals surface area contributed by atoms with Gasteiger partial charge in [0, 0.05) is 11.1 Å². The maximum atomic E-state index is 14.1. The molecule has 5 nitrogen and oxygen atoms in total. The minimum absolute atomic E-state index is 0.167. The van der Waals surface area contributed by atoms with Gasteiger partial charge >= 0.3 is 13.6 Å². The van der Waals surface area contributed by atoms with Gasteiger partial charge in [0.05, 0.1) is 6.61 Å². The van der Waals surface area contributed by atoms with Crippen molar-refractivity contribution in [3.8, 4) is 33.8 Å². The third kappa shape index (κ3) is 5.75. The molecule has 0 heterocycles. The Balaban J connectivity index is 1.73. The van der Waals surface area contributed by atoms with Gasteiger partial charge in [-0.15, -0.1) is 0 Å². The molecule has 0 N–H and O–H groups in total. The highest BCUT2D eigenvalue weighted by Crippen LogP contribution is 2.52. The second kappa shape index (κ2) is 10.9. The molecule has 0 unspecified atom stereocenters. The normalized spacial score (nSPS) is 11.0. The fourth-order valence-electron chi connectivity index (χ4n) is 3.55. The molecule has 4 aromatic rings. The summed E-state index contributed by atoms with van der Waals surface area (Å²) in [7, 11) is -4.02. The molecule has 0 saturated heterocycles. The van der Waals surface area contributed by atoms with Crippen molar-refractivity contribution in [1.82, 2.24) is 0 Å². The van der Waals surface area contributed by atoms with Gasteiger partial charge < -0.3 is 13.8 Å². The Morgan fingerprint density at radius 2 is 1.06 bits per heavy atom. The van der Waals surface area contributed by atoms with Crippen LogP contribution in [0.4, 0.5) is 0 Å². The van der Waals surface area contributed by atoms with Crippen LogP contribution in [0.1, 0.15) is 6.92 Å². The first-order valence-electron chi connectivity index (χ1n) is 11.0. The minimum Gasteiger partial charge on any atom is -0.465 e. The molecule has 4 rings (SSSR count). The monoisotopic (exact) mass is 472 g/mol. The Morgan fingerprint density at radius 1 is 0.647 bits per heavy atom. The van der Waals surface area contributed by atoms with Crippen LogP contribution in [-0.2, 0) is 14.1 Å². The first-order valence-corrected chi connectivity index (χ1v) is 12.7. The van der Waals surface area contributed by atoms with E-state index in [0.717, 1.165) is 22.3 Å². The van der Waals surface area contributed by atoms with Crippen LogP contribution in [0.15, 0.2) is 109 Å². The van der Waals surface area contributed by atoms with Crippen molar-refractivity contribution in [3.63, 3.8) is 0 Å². The average molecular weight is 472 g/mol. The van der Waals surface area contributed by atoms with Crippen LogP contribution < -0.4 is 9.05 Å². The molecule has 6 heteroatoms. The molecule has 34 heavy (non-hydrogen) atoms. The molecule has 0 amide bonds. The van der Waals surface area contributed by atoms with Gasteiger partial charge in [-0.25, -0.2) is 4.57 Å². The summed E-state index contributed by atoms with van der Waals surface area (Å²) in [5.74, 6) is 0.0669. The first kappa shape index (κ1) is 23.3. The zero-order chi connectivity index (χ0) is 23.8. The number of hydrogen-bond acceptors (Lipinski definition) is 5. The molecule has 0 fully saturated rings. The summed E-state index contributed by atoms with van der Waals surface area (Å²) >= 11 is 0. The van der Waals surface area contributed by atoms with Crippen molar-refractivity contribution in [2.24, 2.45) is 0 Å². The Labute approximate surface area is 199 Å². The zero-order valence-corrected chi connectivity index (χ0v) is 19.7. The molecule has 0 aliphatic carbocycles. The smallest absolute Gasteiger partial charge is 0.441 e. The Hall–Kier alpha value is -3.82. The summed E-state index contributed by atoms with van der Waals surface area (Å²) < 4.78 is 31.2. The van der Waals surface area contributed by atoms with Gasteiger partial charge in [-0.2, -0.15) is 0 Å². The van der Waals surface area contributed by atoms with Crippen molar-refractivity contribution in [2.75, 3.05) is 12.8 Å². The molecule has 172 valence electrons. The Bertz CT molecular complexity index is 1200. The van der Waals surface area contributed by atoms with E-state index in [0.29, 0.717) is 11.5 Å². The first-order chi connectivity index (χ1) is 16.6. The van der Waals surface area contributed by atoms with Gasteiger partial charge in [-0.1, -0.05) is 97.1 Å². The second-order valence-electron chi connectivity index (χ2n) is 7.48. The summed E-state index contributed by atoms with van der Waals surface area (Å²) in [6.07, 6.45) is -0.521. The third-order valence-corrected chi connectivity index (χ3v) is 6.64.